The Morgan fingerprint density at radius 3 is 2.52 bits per heavy atom. The molecule has 0 fully saturated rings. The van der Waals surface area contributed by atoms with Crippen molar-refractivity contribution in [2.24, 2.45) is 4.99 Å². The molecule has 3 N–H and O–H groups in total. The van der Waals surface area contributed by atoms with Crippen LogP contribution in [-0.2, 0) is 6.54 Å². The summed E-state index contributed by atoms with van der Waals surface area (Å²) in [6, 6.07) is 7.98. The molecule has 0 amide bonds. The first kappa shape index (κ1) is 22.0. The molecule has 0 saturated carbocycles. The highest BCUT2D eigenvalue weighted by Crippen LogP contribution is 2.13. The molecule has 0 saturated heterocycles. The fourth-order valence-corrected chi connectivity index (χ4v) is 1.90. The Bertz CT molecular complexity index is 472. The lowest BCUT2D eigenvalue weighted by molar-refractivity contribution is 0.414. The number of aliphatic imine (C=N–C) groups is 1. The third-order valence-corrected chi connectivity index (χ3v) is 2.97. The van der Waals surface area contributed by atoms with Crippen LogP contribution in [0.4, 0.5) is 0 Å². The third-order valence-electron chi connectivity index (χ3n) is 2.97. The minimum atomic E-state index is 0. The third kappa shape index (κ3) is 10.4. The Morgan fingerprint density at radius 1 is 1.17 bits per heavy atom. The molecule has 0 bridgehead atoms. The zero-order valence-corrected chi connectivity index (χ0v) is 17.2. The van der Waals surface area contributed by atoms with E-state index in [0.29, 0.717) is 6.54 Å². The van der Waals surface area contributed by atoms with Gasteiger partial charge in [0.15, 0.2) is 5.96 Å². The second-order valence-corrected chi connectivity index (χ2v) is 6.15. The van der Waals surface area contributed by atoms with Crippen molar-refractivity contribution in [2.45, 2.75) is 39.8 Å². The highest BCUT2D eigenvalue weighted by atomic mass is 127. The van der Waals surface area contributed by atoms with Gasteiger partial charge in [0, 0.05) is 25.2 Å². The summed E-state index contributed by atoms with van der Waals surface area (Å²) in [7, 11) is 1.68. The molecule has 6 heteroatoms. The monoisotopic (exact) mass is 434 g/mol. The van der Waals surface area contributed by atoms with E-state index in [-0.39, 0.29) is 29.5 Å². The quantitative estimate of drug-likeness (QED) is 0.267. The highest BCUT2D eigenvalue weighted by molar-refractivity contribution is 14.0. The summed E-state index contributed by atoms with van der Waals surface area (Å²) >= 11 is 0. The number of halogens is 1. The summed E-state index contributed by atoms with van der Waals surface area (Å²) in [4.78, 5) is 4.60. The van der Waals surface area contributed by atoms with Crippen LogP contribution in [0.25, 0.3) is 0 Å². The molecule has 0 aliphatic heterocycles. The van der Waals surface area contributed by atoms with Gasteiger partial charge < -0.3 is 20.7 Å². The van der Waals surface area contributed by atoms with E-state index in [9.17, 15) is 0 Å². The van der Waals surface area contributed by atoms with Gasteiger partial charge in [-0.25, -0.2) is 4.99 Å². The van der Waals surface area contributed by atoms with Crippen LogP contribution in [0.1, 0.15) is 33.3 Å². The average molecular weight is 434 g/mol. The van der Waals surface area contributed by atoms with Gasteiger partial charge in [-0.2, -0.15) is 0 Å². The predicted molar refractivity (Wildman–Crippen MR) is 109 cm³/mol. The molecule has 0 radical (unpaired) electrons. The molecular formula is C17H31IN4O. The Labute approximate surface area is 157 Å². The molecule has 1 aromatic carbocycles. The Morgan fingerprint density at radius 2 is 1.91 bits per heavy atom. The van der Waals surface area contributed by atoms with Crippen LogP contribution < -0.4 is 20.7 Å². The number of nitrogens with zero attached hydrogens (tertiary/aromatic N) is 1. The van der Waals surface area contributed by atoms with Gasteiger partial charge in [-0.15, -0.1) is 24.0 Å². The number of nitrogens with one attached hydrogen (secondary N) is 3. The van der Waals surface area contributed by atoms with E-state index < -0.39 is 0 Å². The minimum absolute atomic E-state index is 0. The van der Waals surface area contributed by atoms with E-state index >= 15 is 0 Å². The molecule has 0 aliphatic carbocycles. The smallest absolute Gasteiger partial charge is 0.191 e. The second kappa shape index (κ2) is 11.5. The normalized spacial score (nSPS) is 11.6. The molecule has 132 valence electrons. The largest absolute Gasteiger partial charge is 0.497 e. The fourth-order valence-electron chi connectivity index (χ4n) is 1.90. The Balaban J connectivity index is 0.00000484. The van der Waals surface area contributed by atoms with Crippen LogP contribution in [-0.4, -0.2) is 38.2 Å². The van der Waals surface area contributed by atoms with Crippen molar-refractivity contribution >= 4 is 29.9 Å². The molecule has 0 spiro atoms. The number of hydrogen-bond donors (Lipinski definition) is 3. The van der Waals surface area contributed by atoms with Crippen LogP contribution in [0.15, 0.2) is 29.3 Å². The van der Waals surface area contributed by atoms with Crippen LogP contribution in [0.2, 0.25) is 0 Å². The summed E-state index contributed by atoms with van der Waals surface area (Å²) in [5, 5.41) is 10.0. The van der Waals surface area contributed by atoms with Crippen LogP contribution in [0.3, 0.4) is 0 Å². The van der Waals surface area contributed by atoms with E-state index in [4.69, 9.17) is 4.74 Å². The second-order valence-electron chi connectivity index (χ2n) is 6.15. The number of rotatable bonds is 7. The average Bonchev–Trinajstić information content (AvgIpc) is 2.48. The zero-order chi connectivity index (χ0) is 16.4. The number of benzene rings is 1. The first-order valence-electron chi connectivity index (χ1n) is 7.84. The first-order chi connectivity index (χ1) is 10.4. The lowest BCUT2D eigenvalue weighted by Crippen LogP contribution is -2.44. The van der Waals surface area contributed by atoms with Crippen molar-refractivity contribution < 1.29 is 4.74 Å². The van der Waals surface area contributed by atoms with Crippen molar-refractivity contribution in [1.29, 1.82) is 0 Å². The maximum Gasteiger partial charge on any atom is 0.191 e. The topological polar surface area (TPSA) is 57.7 Å². The summed E-state index contributed by atoms with van der Waals surface area (Å²) < 4.78 is 5.23. The summed E-state index contributed by atoms with van der Waals surface area (Å²) in [5.74, 6) is 1.70. The summed E-state index contributed by atoms with van der Waals surface area (Å²) in [6.07, 6.45) is 0. The number of hydrogen-bond acceptors (Lipinski definition) is 3. The van der Waals surface area contributed by atoms with E-state index in [2.05, 4.69) is 54.7 Å². The molecule has 0 atom stereocenters. The van der Waals surface area contributed by atoms with Crippen LogP contribution in [0.5, 0.6) is 5.75 Å². The maximum atomic E-state index is 5.23. The number of ether oxygens (including phenoxy) is 1. The summed E-state index contributed by atoms with van der Waals surface area (Å²) in [5.41, 5.74) is 1.27. The van der Waals surface area contributed by atoms with Crippen molar-refractivity contribution in [2.75, 3.05) is 26.7 Å². The summed E-state index contributed by atoms with van der Waals surface area (Å²) in [6.45, 7) is 11.7. The van der Waals surface area contributed by atoms with Gasteiger partial charge in [-0.3, -0.25) is 0 Å². The SMILES string of the molecule is CCNC(=NCc1cccc(OC)c1)NCCNC(C)(C)C.I. The van der Waals surface area contributed by atoms with Crippen molar-refractivity contribution in [3.8, 4) is 5.75 Å². The van der Waals surface area contributed by atoms with Gasteiger partial charge >= 0.3 is 0 Å². The molecule has 5 nitrogen and oxygen atoms in total. The Hall–Kier alpha value is -1.02. The molecular weight excluding hydrogens is 403 g/mol. The van der Waals surface area contributed by atoms with Gasteiger partial charge in [0.25, 0.3) is 0 Å². The molecule has 0 heterocycles. The van der Waals surface area contributed by atoms with E-state index in [1.54, 1.807) is 7.11 Å². The Kier molecular flexibility index (Phi) is 11.0. The highest BCUT2D eigenvalue weighted by Gasteiger charge is 2.07. The molecule has 0 unspecified atom stereocenters. The minimum Gasteiger partial charge on any atom is -0.497 e. The fraction of sp³-hybridized carbons (Fsp3) is 0.588. The van der Waals surface area contributed by atoms with Gasteiger partial charge in [-0.05, 0) is 45.4 Å². The van der Waals surface area contributed by atoms with Gasteiger partial charge in [-0.1, -0.05) is 12.1 Å². The van der Waals surface area contributed by atoms with Crippen LogP contribution >= 0.6 is 24.0 Å². The van der Waals surface area contributed by atoms with E-state index in [1.807, 2.05) is 18.2 Å². The van der Waals surface area contributed by atoms with E-state index in [1.165, 1.54) is 0 Å². The number of guanidine groups is 1. The van der Waals surface area contributed by atoms with Gasteiger partial charge in [0.2, 0.25) is 0 Å². The van der Waals surface area contributed by atoms with E-state index in [0.717, 1.165) is 36.9 Å². The molecule has 1 aromatic rings. The lowest BCUT2D eigenvalue weighted by Gasteiger charge is -2.21. The first-order valence-corrected chi connectivity index (χ1v) is 7.84. The van der Waals surface area contributed by atoms with Crippen LogP contribution in [0, 0.1) is 0 Å². The van der Waals surface area contributed by atoms with Gasteiger partial charge in [0.05, 0.1) is 13.7 Å². The van der Waals surface area contributed by atoms with Crippen molar-refractivity contribution in [3.63, 3.8) is 0 Å². The molecule has 23 heavy (non-hydrogen) atoms. The van der Waals surface area contributed by atoms with Crippen molar-refractivity contribution in [1.82, 2.24) is 16.0 Å². The molecule has 1 rings (SSSR count). The van der Waals surface area contributed by atoms with Crippen molar-refractivity contribution in [3.05, 3.63) is 29.8 Å². The number of methoxy groups -OCH3 is 1. The molecule has 0 aromatic heterocycles. The zero-order valence-electron chi connectivity index (χ0n) is 14.9. The standard InChI is InChI=1S/C17H30N4O.HI/c1-6-18-16(19-10-11-21-17(2,3)4)20-13-14-8-7-9-15(12-14)22-5;/h7-9,12,21H,6,10-11,13H2,1-5H3,(H2,18,19,20);1H. The maximum absolute atomic E-state index is 5.23. The van der Waals surface area contributed by atoms with Gasteiger partial charge in [0.1, 0.15) is 5.75 Å². The predicted octanol–water partition coefficient (Wildman–Crippen LogP) is 2.76. The molecule has 0 aliphatic rings. The lowest BCUT2D eigenvalue weighted by atomic mass is 10.1.